The minimum absolute atomic E-state index is 0.0460. The van der Waals surface area contributed by atoms with Crippen molar-refractivity contribution in [2.45, 2.75) is 64.8 Å². The maximum Gasteiger partial charge on any atom is 0.0613 e. The van der Waals surface area contributed by atoms with Crippen LogP contribution in [0.3, 0.4) is 0 Å². The first-order valence-electron chi connectivity index (χ1n) is 7.31. The second kappa shape index (κ2) is 4.89. The molecule has 2 fully saturated rings. The van der Waals surface area contributed by atoms with Gasteiger partial charge in [0.15, 0.2) is 0 Å². The third-order valence-electron chi connectivity index (χ3n) is 4.93. The van der Waals surface area contributed by atoms with Gasteiger partial charge in [-0.05, 0) is 62.3 Å². The molecule has 2 aliphatic carbocycles. The molecule has 0 amide bonds. The van der Waals surface area contributed by atoms with Gasteiger partial charge in [-0.1, -0.05) is 20.8 Å². The van der Waals surface area contributed by atoms with E-state index in [2.05, 4.69) is 26.1 Å². The Hall–Kier alpha value is -0.0800. The highest BCUT2D eigenvalue weighted by atomic mass is 16.3. The lowest BCUT2D eigenvalue weighted by molar-refractivity contribution is 0.0685. The summed E-state index contributed by atoms with van der Waals surface area (Å²) in [5, 5.41) is 13.4. The summed E-state index contributed by atoms with van der Waals surface area (Å²) in [6.07, 6.45) is 7.61. The fourth-order valence-electron chi connectivity index (χ4n) is 3.11. The molecule has 2 rings (SSSR count). The van der Waals surface area contributed by atoms with E-state index in [9.17, 15) is 5.11 Å². The molecule has 0 aromatic carbocycles. The SMILES string of the molecule is CC(C)(C)C1CCC(CO)(NCC2CC2)CC1. The van der Waals surface area contributed by atoms with Crippen LogP contribution in [0.4, 0.5) is 0 Å². The van der Waals surface area contributed by atoms with Gasteiger partial charge in [-0.15, -0.1) is 0 Å². The van der Waals surface area contributed by atoms with Gasteiger partial charge in [-0.2, -0.15) is 0 Å². The highest BCUT2D eigenvalue weighted by Crippen LogP contribution is 2.41. The maximum absolute atomic E-state index is 9.70. The van der Waals surface area contributed by atoms with E-state index in [1.54, 1.807) is 0 Å². The van der Waals surface area contributed by atoms with Gasteiger partial charge < -0.3 is 10.4 Å². The molecule has 2 N–H and O–H groups in total. The van der Waals surface area contributed by atoms with Crippen LogP contribution in [0, 0.1) is 17.3 Å². The van der Waals surface area contributed by atoms with E-state index in [1.165, 1.54) is 25.7 Å². The first-order valence-corrected chi connectivity index (χ1v) is 7.31. The van der Waals surface area contributed by atoms with Crippen molar-refractivity contribution in [1.82, 2.24) is 5.32 Å². The fraction of sp³-hybridized carbons (Fsp3) is 1.00. The summed E-state index contributed by atoms with van der Waals surface area (Å²) in [5.41, 5.74) is 0.475. The van der Waals surface area contributed by atoms with Gasteiger partial charge in [0, 0.05) is 5.54 Å². The van der Waals surface area contributed by atoms with Crippen molar-refractivity contribution >= 4 is 0 Å². The van der Waals surface area contributed by atoms with Crippen molar-refractivity contribution in [3.63, 3.8) is 0 Å². The fourth-order valence-corrected chi connectivity index (χ4v) is 3.11. The zero-order chi connectivity index (χ0) is 12.5. The number of rotatable bonds is 4. The topological polar surface area (TPSA) is 32.3 Å². The average Bonchev–Trinajstić information content (AvgIpc) is 3.09. The summed E-state index contributed by atoms with van der Waals surface area (Å²) in [4.78, 5) is 0. The molecule has 0 bridgehead atoms. The quantitative estimate of drug-likeness (QED) is 0.790. The Balaban J connectivity index is 1.84. The molecule has 2 heteroatoms. The summed E-state index contributed by atoms with van der Waals surface area (Å²) in [6, 6.07) is 0. The molecule has 0 atom stereocenters. The van der Waals surface area contributed by atoms with Crippen LogP contribution in [0.15, 0.2) is 0 Å². The van der Waals surface area contributed by atoms with Gasteiger partial charge in [0.1, 0.15) is 0 Å². The van der Waals surface area contributed by atoms with Gasteiger partial charge in [-0.3, -0.25) is 0 Å². The van der Waals surface area contributed by atoms with Crippen molar-refractivity contribution in [3.8, 4) is 0 Å². The largest absolute Gasteiger partial charge is 0.394 e. The van der Waals surface area contributed by atoms with Crippen LogP contribution in [0.25, 0.3) is 0 Å². The third kappa shape index (κ3) is 3.45. The van der Waals surface area contributed by atoms with Crippen LogP contribution < -0.4 is 5.32 Å². The smallest absolute Gasteiger partial charge is 0.0613 e. The molecule has 0 aromatic rings. The Morgan fingerprint density at radius 3 is 2.12 bits per heavy atom. The van der Waals surface area contributed by atoms with Gasteiger partial charge in [0.2, 0.25) is 0 Å². The van der Waals surface area contributed by atoms with Gasteiger partial charge in [-0.25, -0.2) is 0 Å². The molecule has 0 saturated heterocycles. The molecule has 0 aliphatic heterocycles. The summed E-state index contributed by atoms with van der Waals surface area (Å²) >= 11 is 0. The monoisotopic (exact) mass is 239 g/mol. The summed E-state index contributed by atoms with van der Waals surface area (Å²) in [5.74, 6) is 1.73. The first-order chi connectivity index (χ1) is 7.95. The van der Waals surface area contributed by atoms with E-state index in [4.69, 9.17) is 0 Å². The Morgan fingerprint density at radius 1 is 1.12 bits per heavy atom. The predicted molar refractivity (Wildman–Crippen MR) is 72.0 cm³/mol. The normalized spacial score (nSPS) is 34.9. The van der Waals surface area contributed by atoms with Crippen molar-refractivity contribution in [2.24, 2.45) is 17.3 Å². The lowest BCUT2D eigenvalue weighted by Gasteiger charge is -2.44. The molecule has 2 nitrogen and oxygen atoms in total. The molecule has 0 spiro atoms. The number of hydrogen-bond donors (Lipinski definition) is 2. The molecule has 0 unspecified atom stereocenters. The number of aliphatic hydroxyl groups excluding tert-OH is 1. The van der Waals surface area contributed by atoms with E-state index >= 15 is 0 Å². The van der Waals surface area contributed by atoms with Crippen LogP contribution >= 0.6 is 0 Å². The van der Waals surface area contributed by atoms with E-state index < -0.39 is 0 Å². The second-order valence-corrected chi connectivity index (χ2v) is 7.40. The van der Waals surface area contributed by atoms with Gasteiger partial charge >= 0.3 is 0 Å². The number of aliphatic hydroxyl groups is 1. The number of hydrogen-bond acceptors (Lipinski definition) is 2. The molecule has 0 aromatic heterocycles. The van der Waals surface area contributed by atoms with Crippen LogP contribution in [0.1, 0.15) is 59.3 Å². The van der Waals surface area contributed by atoms with Crippen molar-refractivity contribution in [3.05, 3.63) is 0 Å². The summed E-state index contributed by atoms with van der Waals surface area (Å²) in [6.45, 7) is 8.49. The highest BCUT2D eigenvalue weighted by Gasteiger charge is 2.38. The van der Waals surface area contributed by atoms with Crippen LogP contribution in [-0.4, -0.2) is 23.8 Å². The molecule has 0 heterocycles. The predicted octanol–water partition coefficient (Wildman–Crippen LogP) is 2.95. The second-order valence-electron chi connectivity index (χ2n) is 7.40. The number of nitrogens with one attached hydrogen (secondary N) is 1. The molecule has 100 valence electrons. The molecule has 17 heavy (non-hydrogen) atoms. The third-order valence-corrected chi connectivity index (χ3v) is 4.93. The molecular weight excluding hydrogens is 210 g/mol. The Morgan fingerprint density at radius 2 is 1.71 bits per heavy atom. The summed E-state index contributed by atoms with van der Waals surface area (Å²) in [7, 11) is 0. The highest BCUT2D eigenvalue weighted by molar-refractivity contribution is 4.95. The van der Waals surface area contributed by atoms with E-state index in [1.807, 2.05) is 0 Å². The minimum atomic E-state index is 0.0460. The van der Waals surface area contributed by atoms with E-state index in [0.717, 1.165) is 31.2 Å². The molecule has 2 saturated carbocycles. The van der Waals surface area contributed by atoms with Crippen LogP contribution in [0.2, 0.25) is 0 Å². The zero-order valence-electron chi connectivity index (χ0n) is 11.8. The average molecular weight is 239 g/mol. The molecule has 0 radical (unpaired) electrons. The Labute approximate surface area is 106 Å². The first kappa shape index (κ1) is 13.4. The van der Waals surface area contributed by atoms with Gasteiger partial charge in [0.05, 0.1) is 6.61 Å². The standard InChI is InChI=1S/C15H29NO/c1-14(2,3)13-6-8-15(11-17,9-7-13)16-10-12-4-5-12/h12-13,16-17H,4-11H2,1-3H3. The zero-order valence-corrected chi connectivity index (χ0v) is 11.8. The minimum Gasteiger partial charge on any atom is -0.394 e. The molecular formula is C15H29NO. The van der Waals surface area contributed by atoms with Crippen molar-refractivity contribution in [1.29, 1.82) is 0 Å². The lowest BCUT2D eigenvalue weighted by atomic mass is 9.67. The van der Waals surface area contributed by atoms with Crippen LogP contribution in [0.5, 0.6) is 0 Å². The van der Waals surface area contributed by atoms with Gasteiger partial charge in [0.25, 0.3) is 0 Å². The van der Waals surface area contributed by atoms with Crippen molar-refractivity contribution < 1.29 is 5.11 Å². The lowest BCUT2D eigenvalue weighted by Crippen LogP contribution is -2.52. The Bertz CT molecular complexity index is 244. The van der Waals surface area contributed by atoms with Crippen molar-refractivity contribution in [2.75, 3.05) is 13.2 Å². The Kier molecular flexibility index (Phi) is 3.84. The summed E-state index contributed by atoms with van der Waals surface area (Å²) < 4.78 is 0. The van der Waals surface area contributed by atoms with E-state index in [-0.39, 0.29) is 5.54 Å². The molecule has 2 aliphatic rings. The van der Waals surface area contributed by atoms with Crippen LogP contribution in [-0.2, 0) is 0 Å². The maximum atomic E-state index is 9.70. The van der Waals surface area contributed by atoms with E-state index in [0.29, 0.717) is 12.0 Å².